The summed E-state index contributed by atoms with van der Waals surface area (Å²) in [6, 6.07) is 16.2. The zero-order valence-corrected chi connectivity index (χ0v) is 11.7. The van der Waals surface area contributed by atoms with E-state index in [1.54, 1.807) is 7.11 Å². The minimum atomic E-state index is 0.312. The predicted molar refractivity (Wildman–Crippen MR) is 79.9 cm³/mol. The van der Waals surface area contributed by atoms with Gasteiger partial charge in [-0.1, -0.05) is 48.0 Å². The van der Waals surface area contributed by atoms with Gasteiger partial charge >= 0.3 is 0 Å². The van der Waals surface area contributed by atoms with Crippen molar-refractivity contribution >= 4 is 11.6 Å². The van der Waals surface area contributed by atoms with E-state index in [9.17, 15) is 0 Å². The molecule has 2 nitrogen and oxygen atoms in total. The molecule has 2 aromatic rings. The summed E-state index contributed by atoms with van der Waals surface area (Å²) in [5.41, 5.74) is 8.34. The second-order valence-electron chi connectivity index (χ2n) is 4.52. The molecule has 0 aliphatic heterocycles. The summed E-state index contributed by atoms with van der Waals surface area (Å²) in [4.78, 5) is 0. The van der Waals surface area contributed by atoms with Gasteiger partial charge in [-0.25, -0.2) is 0 Å². The van der Waals surface area contributed by atoms with Gasteiger partial charge in [0.1, 0.15) is 5.75 Å². The third-order valence-corrected chi connectivity index (χ3v) is 3.57. The van der Waals surface area contributed by atoms with Crippen molar-refractivity contribution < 1.29 is 4.74 Å². The maximum Gasteiger partial charge on any atom is 0.137 e. The van der Waals surface area contributed by atoms with E-state index in [4.69, 9.17) is 22.1 Å². The Labute approximate surface area is 119 Å². The van der Waals surface area contributed by atoms with Crippen molar-refractivity contribution in [3.8, 4) is 5.75 Å². The van der Waals surface area contributed by atoms with Crippen molar-refractivity contribution in [1.29, 1.82) is 0 Å². The molecule has 2 rings (SSSR count). The van der Waals surface area contributed by atoms with Gasteiger partial charge in [-0.05, 0) is 36.2 Å². The minimum absolute atomic E-state index is 0.312. The average molecular weight is 276 g/mol. The van der Waals surface area contributed by atoms with Gasteiger partial charge in [-0.3, -0.25) is 0 Å². The van der Waals surface area contributed by atoms with Crippen molar-refractivity contribution in [2.45, 2.75) is 12.3 Å². The lowest BCUT2D eigenvalue weighted by atomic mass is 9.92. The maximum atomic E-state index is 6.03. The summed E-state index contributed by atoms with van der Waals surface area (Å²) in [6.07, 6.45) is 0.883. The van der Waals surface area contributed by atoms with E-state index in [0.29, 0.717) is 23.2 Å². The van der Waals surface area contributed by atoms with Crippen LogP contribution in [-0.2, 0) is 6.42 Å². The van der Waals surface area contributed by atoms with Gasteiger partial charge in [0.05, 0.1) is 12.1 Å². The predicted octanol–water partition coefficient (Wildman–Crippen LogP) is 3.63. The van der Waals surface area contributed by atoms with Crippen LogP contribution in [0, 0.1) is 0 Å². The zero-order chi connectivity index (χ0) is 13.7. The number of ether oxygens (including phenoxy) is 1. The number of methoxy groups -OCH3 is 1. The largest absolute Gasteiger partial charge is 0.495 e. The van der Waals surface area contributed by atoms with Crippen LogP contribution in [-0.4, -0.2) is 13.7 Å². The Kier molecular flexibility index (Phi) is 4.83. The normalized spacial score (nSPS) is 12.2. The molecule has 0 heterocycles. The minimum Gasteiger partial charge on any atom is -0.495 e. The molecule has 1 atom stereocenters. The number of benzene rings is 2. The molecule has 0 aliphatic rings. The molecule has 19 heavy (non-hydrogen) atoms. The SMILES string of the molecule is COc1cc(CC(CN)c2ccccc2)ccc1Cl. The van der Waals surface area contributed by atoms with Crippen molar-refractivity contribution in [3.05, 3.63) is 64.7 Å². The summed E-state index contributed by atoms with van der Waals surface area (Å²) in [6.45, 7) is 0.620. The number of halogens is 1. The topological polar surface area (TPSA) is 35.2 Å². The van der Waals surface area contributed by atoms with Gasteiger partial charge in [0.2, 0.25) is 0 Å². The van der Waals surface area contributed by atoms with Gasteiger partial charge in [-0.15, -0.1) is 0 Å². The lowest BCUT2D eigenvalue weighted by Gasteiger charge is -2.16. The number of hydrogen-bond donors (Lipinski definition) is 1. The fourth-order valence-electron chi connectivity index (χ4n) is 2.18. The quantitative estimate of drug-likeness (QED) is 0.904. The number of nitrogens with two attached hydrogens (primary N) is 1. The van der Waals surface area contributed by atoms with Gasteiger partial charge in [-0.2, -0.15) is 0 Å². The monoisotopic (exact) mass is 275 g/mol. The lowest BCUT2D eigenvalue weighted by Crippen LogP contribution is -2.15. The van der Waals surface area contributed by atoms with Gasteiger partial charge < -0.3 is 10.5 Å². The van der Waals surface area contributed by atoms with E-state index in [2.05, 4.69) is 12.1 Å². The van der Waals surface area contributed by atoms with Crippen LogP contribution in [0.1, 0.15) is 17.0 Å². The van der Waals surface area contributed by atoms with E-state index >= 15 is 0 Å². The van der Waals surface area contributed by atoms with Crippen LogP contribution in [0.15, 0.2) is 48.5 Å². The Morgan fingerprint density at radius 3 is 2.53 bits per heavy atom. The maximum absolute atomic E-state index is 6.03. The fourth-order valence-corrected chi connectivity index (χ4v) is 2.37. The number of hydrogen-bond acceptors (Lipinski definition) is 2. The molecule has 3 heteroatoms. The molecule has 0 aromatic heterocycles. The molecule has 0 bridgehead atoms. The van der Waals surface area contributed by atoms with Crippen LogP contribution in [0.3, 0.4) is 0 Å². The Hall–Kier alpha value is -1.51. The average Bonchev–Trinajstić information content (AvgIpc) is 2.47. The van der Waals surface area contributed by atoms with Gasteiger partial charge in [0.25, 0.3) is 0 Å². The highest BCUT2D eigenvalue weighted by Gasteiger charge is 2.11. The Morgan fingerprint density at radius 1 is 1.16 bits per heavy atom. The molecule has 1 unspecified atom stereocenters. The smallest absolute Gasteiger partial charge is 0.137 e. The first-order valence-corrected chi connectivity index (χ1v) is 6.70. The van der Waals surface area contributed by atoms with Crippen LogP contribution in [0.2, 0.25) is 5.02 Å². The van der Waals surface area contributed by atoms with E-state index in [-0.39, 0.29) is 0 Å². The molecule has 2 N–H and O–H groups in total. The highest BCUT2D eigenvalue weighted by molar-refractivity contribution is 6.32. The highest BCUT2D eigenvalue weighted by Crippen LogP contribution is 2.28. The van der Waals surface area contributed by atoms with Crippen LogP contribution in [0.25, 0.3) is 0 Å². The second kappa shape index (κ2) is 6.60. The summed E-state index contributed by atoms with van der Waals surface area (Å²) < 4.78 is 5.24. The molecular formula is C16H18ClNO. The van der Waals surface area contributed by atoms with Crippen molar-refractivity contribution in [2.24, 2.45) is 5.73 Å². The van der Waals surface area contributed by atoms with E-state index < -0.39 is 0 Å². The molecule has 0 fully saturated rings. The molecule has 0 aliphatic carbocycles. The molecule has 0 saturated heterocycles. The third kappa shape index (κ3) is 3.49. The van der Waals surface area contributed by atoms with Crippen molar-refractivity contribution in [1.82, 2.24) is 0 Å². The van der Waals surface area contributed by atoms with E-state index in [1.165, 1.54) is 11.1 Å². The first-order valence-electron chi connectivity index (χ1n) is 6.32. The van der Waals surface area contributed by atoms with Crippen molar-refractivity contribution in [2.75, 3.05) is 13.7 Å². The van der Waals surface area contributed by atoms with Crippen LogP contribution < -0.4 is 10.5 Å². The molecule has 100 valence electrons. The third-order valence-electron chi connectivity index (χ3n) is 3.25. The molecule has 0 saturated carbocycles. The number of rotatable bonds is 5. The van der Waals surface area contributed by atoms with E-state index in [0.717, 1.165) is 6.42 Å². The molecule has 2 aromatic carbocycles. The summed E-state index contributed by atoms with van der Waals surface area (Å²) in [5, 5.41) is 0.634. The lowest BCUT2D eigenvalue weighted by molar-refractivity contribution is 0.414. The summed E-state index contributed by atoms with van der Waals surface area (Å²) >= 11 is 6.03. The second-order valence-corrected chi connectivity index (χ2v) is 4.92. The highest BCUT2D eigenvalue weighted by atomic mass is 35.5. The van der Waals surface area contributed by atoms with Crippen LogP contribution >= 0.6 is 11.6 Å². The van der Waals surface area contributed by atoms with Gasteiger partial charge in [0.15, 0.2) is 0 Å². The molecule has 0 spiro atoms. The molecule has 0 radical (unpaired) electrons. The van der Waals surface area contributed by atoms with E-state index in [1.807, 2.05) is 36.4 Å². The Morgan fingerprint density at radius 2 is 1.89 bits per heavy atom. The summed E-state index contributed by atoms with van der Waals surface area (Å²) in [7, 11) is 1.63. The first kappa shape index (κ1) is 13.9. The van der Waals surface area contributed by atoms with Crippen LogP contribution in [0.5, 0.6) is 5.75 Å². The molecule has 0 amide bonds. The van der Waals surface area contributed by atoms with Gasteiger partial charge in [0, 0.05) is 5.92 Å². The van der Waals surface area contributed by atoms with Crippen molar-refractivity contribution in [3.63, 3.8) is 0 Å². The van der Waals surface area contributed by atoms with Crippen LogP contribution in [0.4, 0.5) is 0 Å². The fraction of sp³-hybridized carbons (Fsp3) is 0.250. The Bertz CT molecular complexity index is 528. The Balaban J connectivity index is 2.19. The zero-order valence-electron chi connectivity index (χ0n) is 11.0. The summed E-state index contributed by atoms with van der Waals surface area (Å²) in [5.74, 6) is 1.02. The molecular weight excluding hydrogens is 258 g/mol. The standard InChI is InChI=1S/C16H18ClNO/c1-19-16-10-12(7-8-15(16)17)9-14(11-18)13-5-3-2-4-6-13/h2-8,10,14H,9,11,18H2,1H3. The first-order chi connectivity index (χ1) is 9.24.